The van der Waals surface area contributed by atoms with Gasteiger partial charge in [0.2, 0.25) is 0 Å². The fourth-order valence-corrected chi connectivity index (χ4v) is 3.01. The second kappa shape index (κ2) is 5.51. The van der Waals surface area contributed by atoms with Crippen molar-refractivity contribution in [2.24, 2.45) is 5.92 Å². The van der Waals surface area contributed by atoms with E-state index in [2.05, 4.69) is 28.9 Å². The third-order valence-electron chi connectivity index (χ3n) is 4.37. The highest BCUT2D eigenvalue weighted by Gasteiger charge is 2.26. The largest absolute Gasteiger partial charge is 0.392 e. The summed E-state index contributed by atoms with van der Waals surface area (Å²) in [5.74, 6) is 0.997. The van der Waals surface area contributed by atoms with E-state index in [9.17, 15) is 0 Å². The van der Waals surface area contributed by atoms with Crippen LogP contribution < -0.4 is 4.90 Å². The van der Waals surface area contributed by atoms with Gasteiger partial charge in [0.15, 0.2) is 0 Å². The van der Waals surface area contributed by atoms with Gasteiger partial charge in [0.05, 0.1) is 6.61 Å². The average molecular weight is 260 g/mol. The summed E-state index contributed by atoms with van der Waals surface area (Å²) in [6.07, 6.45) is 2.89. The molecule has 104 valence electrons. The van der Waals surface area contributed by atoms with E-state index in [0.717, 1.165) is 24.6 Å². The molecule has 19 heavy (non-hydrogen) atoms. The molecule has 0 bridgehead atoms. The monoisotopic (exact) mass is 260 g/mol. The number of anilines is 1. The van der Waals surface area contributed by atoms with E-state index in [1.807, 2.05) is 6.07 Å². The van der Waals surface area contributed by atoms with Crippen LogP contribution >= 0.6 is 0 Å². The second-order valence-electron chi connectivity index (χ2n) is 6.01. The maximum atomic E-state index is 9.17. The third kappa shape index (κ3) is 3.10. The molecule has 2 aliphatic rings. The Morgan fingerprint density at radius 2 is 1.89 bits per heavy atom. The molecule has 0 unspecified atom stereocenters. The summed E-state index contributed by atoms with van der Waals surface area (Å²) < 4.78 is 0. The first-order valence-electron chi connectivity index (χ1n) is 7.44. The summed E-state index contributed by atoms with van der Waals surface area (Å²) in [7, 11) is 0. The Morgan fingerprint density at radius 1 is 1.16 bits per heavy atom. The van der Waals surface area contributed by atoms with Gasteiger partial charge in [-0.25, -0.2) is 0 Å². The molecule has 1 aromatic carbocycles. The van der Waals surface area contributed by atoms with Crippen LogP contribution in [0.3, 0.4) is 0 Å². The fourth-order valence-electron chi connectivity index (χ4n) is 3.01. The quantitative estimate of drug-likeness (QED) is 0.897. The molecule has 0 atom stereocenters. The number of piperazine rings is 1. The normalized spacial score (nSPS) is 20.8. The van der Waals surface area contributed by atoms with Gasteiger partial charge in [-0.3, -0.25) is 4.90 Å². The molecule has 1 aliphatic carbocycles. The second-order valence-corrected chi connectivity index (χ2v) is 6.01. The molecule has 1 saturated heterocycles. The molecule has 1 aromatic rings. The zero-order chi connectivity index (χ0) is 13.2. The van der Waals surface area contributed by atoms with Crippen molar-refractivity contribution in [2.45, 2.75) is 26.4 Å². The summed E-state index contributed by atoms with van der Waals surface area (Å²) in [6, 6.07) is 6.31. The van der Waals surface area contributed by atoms with E-state index in [0.29, 0.717) is 0 Å². The summed E-state index contributed by atoms with van der Waals surface area (Å²) in [6.45, 7) is 8.24. The number of hydrogen-bond acceptors (Lipinski definition) is 3. The molecule has 1 N–H and O–H groups in total. The van der Waals surface area contributed by atoms with Gasteiger partial charge >= 0.3 is 0 Å². The number of nitrogens with zero attached hydrogens (tertiary/aromatic N) is 2. The van der Waals surface area contributed by atoms with Crippen molar-refractivity contribution in [1.29, 1.82) is 0 Å². The van der Waals surface area contributed by atoms with Crippen LogP contribution in [0.2, 0.25) is 0 Å². The van der Waals surface area contributed by atoms with Crippen LogP contribution in [0.1, 0.15) is 24.0 Å². The van der Waals surface area contributed by atoms with Crippen LogP contribution in [0.25, 0.3) is 0 Å². The van der Waals surface area contributed by atoms with Crippen molar-refractivity contribution in [1.82, 2.24) is 4.90 Å². The molecular formula is C16H24N2O. The molecule has 1 saturated carbocycles. The van der Waals surface area contributed by atoms with Crippen LogP contribution in [0.15, 0.2) is 18.2 Å². The Morgan fingerprint density at radius 3 is 2.47 bits per heavy atom. The predicted molar refractivity (Wildman–Crippen MR) is 78.5 cm³/mol. The first kappa shape index (κ1) is 12.9. The first-order valence-corrected chi connectivity index (χ1v) is 7.44. The van der Waals surface area contributed by atoms with Crippen LogP contribution in [-0.4, -0.2) is 42.7 Å². The minimum absolute atomic E-state index is 0.135. The van der Waals surface area contributed by atoms with Gasteiger partial charge in [-0.05, 0) is 42.9 Å². The van der Waals surface area contributed by atoms with E-state index >= 15 is 0 Å². The van der Waals surface area contributed by atoms with Crippen LogP contribution in [0.5, 0.6) is 0 Å². The van der Waals surface area contributed by atoms with Crippen molar-refractivity contribution in [3.8, 4) is 0 Å². The summed E-state index contributed by atoms with van der Waals surface area (Å²) in [4.78, 5) is 5.10. The summed E-state index contributed by atoms with van der Waals surface area (Å²) in [5, 5.41) is 9.17. The Bertz CT molecular complexity index is 434. The van der Waals surface area contributed by atoms with Gasteiger partial charge in [0.25, 0.3) is 0 Å². The highest BCUT2D eigenvalue weighted by atomic mass is 16.3. The minimum atomic E-state index is 0.135. The van der Waals surface area contributed by atoms with E-state index in [1.54, 1.807) is 0 Å². The number of hydrogen-bond donors (Lipinski definition) is 1. The number of benzene rings is 1. The number of aryl methyl sites for hydroxylation is 1. The summed E-state index contributed by atoms with van der Waals surface area (Å²) >= 11 is 0. The van der Waals surface area contributed by atoms with Crippen LogP contribution in [0, 0.1) is 12.8 Å². The lowest BCUT2D eigenvalue weighted by atomic mass is 10.1. The number of aliphatic hydroxyl groups is 1. The van der Waals surface area contributed by atoms with Crippen molar-refractivity contribution in [2.75, 3.05) is 37.6 Å². The molecule has 0 radical (unpaired) electrons. The minimum Gasteiger partial charge on any atom is -0.392 e. The SMILES string of the molecule is Cc1cc(CO)ccc1N1CCN(CC2CC2)CC1. The van der Waals surface area contributed by atoms with Gasteiger partial charge < -0.3 is 10.0 Å². The average Bonchev–Trinajstić information content (AvgIpc) is 3.24. The van der Waals surface area contributed by atoms with Gasteiger partial charge in [-0.1, -0.05) is 12.1 Å². The fraction of sp³-hybridized carbons (Fsp3) is 0.625. The van der Waals surface area contributed by atoms with Crippen LogP contribution in [-0.2, 0) is 6.61 Å². The molecule has 2 fully saturated rings. The van der Waals surface area contributed by atoms with Gasteiger partial charge in [0.1, 0.15) is 0 Å². The molecule has 3 heteroatoms. The lowest BCUT2D eigenvalue weighted by Gasteiger charge is -2.37. The van der Waals surface area contributed by atoms with Crippen molar-refractivity contribution >= 4 is 5.69 Å². The Hall–Kier alpha value is -1.06. The molecule has 3 nitrogen and oxygen atoms in total. The van der Waals surface area contributed by atoms with E-state index in [4.69, 9.17) is 5.11 Å². The lowest BCUT2D eigenvalue weighted by molar-refractivity contribution is 0.248. The van der Waals surface area contributed by atoms with Gasteiger partial charge in [-0.2, -0.15) is 0 Å². The molecule has 0 aromatic heterocycles. The number of aliphatic hydroxyl groups excluding tert-OH is 1. The third-order valence-corrected chi connectivity index (χ3v) is 4.37. The standard InChI is InChI=1S/C16H24N2O/c1-13-10-15(12-19)4-5-16(13)18-8-6-17(7-9-18)11-14-2-3-14/h4-5,10,14,19H,2-3,6-9,11-12H2,1H3. The van der Waals surface area contributed by atoms with Gasteiger partial charge in [0, 0.05) is 38.4 Å². The lowest BCUT2D eigenvalue weighted by Crippen LogP contribution is -2.47. The zero-order valence-electron chi connectivity index (χ0n) is 11.8. The predicted octanol–water partition coefficient (Wildman–Crippen LogP) is 2.02. The molecular weight excluding hydrogens is 236 g/mol. The molecule has 0 spiro atoms. The first-order chi connectivity index (χ1) is 9.26. The number of rotatable bonds is 4. The van der Waals surface area contributed by atoms with E-state index in [1.165, 1.54) is 43.7 Å². The van der Waals surface area contributed by atoms with Gasteiger partial charge in [-0.15, -0.1) is 0 Å². The van der Waals surface area contributed by atoms with E-state index < -0.39 is 0 Å². The van der Waals surface area contributed by atoms with Crippen molar-refractivity contribution in [3.05, 3.63) is 29.3 Å². The Kier molecular flexibility index (Phi) is 3.76. The smallest absolute Gasteiger partial charge is 0.0681 e. The maximum absolute atomic E-state index is 9.17. The summed E-state index contributed by atoms with van der Waals surface area (Å²) in [5.41, 5.74) is 3.62. The Labute approximate surface area is 115 Å². The van der Waals surface area contributed by atoms with Crippen molar-refractivity contribution in [3.63, 3.8) is 0 Å². The highest BCUT2D eigenvalue weighted by molar-refractivity contribution is 5.54. The molecule has 0 amide bonds. The topological polar surface area (TPSA) is 26.7 Å². The Balaban J connectivity index is 1.60. The zero-order valence-corrected chi connectivity index (χ0v) is 11.8. The highest BCUT2D eigenvalue weighted by Crippen LogP contribution is 2.30. The molecule has 1 heterocycles. The maximum Gasteiger partial charge on any atom is 0.0681 e. The molecule has 3 rings (SSSR count). The van der Waals surface area contributed by atoms with Crippen molar-refractivity contribution < 1.29 is 5.11 Å². The van der Waals surface area contributed by atoms with Crippen LogP contribution in [0.4, 0.5) is 5.69 Å². The molecule has 1 aliphatic heterocycles. The van der Waals surface area contributed by atoms with E-state index in [-0.39, 0.29) is 6.61 Å².